The van der Waals surface area contributed by atoms with Gasteiger partial charge in [-0.25, -0.2) is 4.79 Å². The van der Waals surface area contributed by atoms with E-state index in [2.05, 4.69) is 64.0 Å². The SMILES string of the molecule is COc1cc2c(cc1OC)-c1c(C(C)(C)C)c(Nc3c(C)cc(C)cc3C)nc(=O)n1CC2. The predicted octanol–water partition coefficient (Wildman–Crippen LogP) is 5.45. The summed E-state index contributed by atoms with van der Waals surface area (Å²) in [6.07, 6.45) is 0.733. The summed E-state index contributed by atoms with van der Waals surface area (Å²) in [5.41, 5.74) is 7.96. The Kier molecular flexibility index (Phi) is 5.72. The molecule has 0 unspecified atom stereocenters. The lowest BCUT2D eigenvalue weighted by Gasteiger charge is -2.32. The lowest BCUT2D eigenvalue weighted by atomic mass is 9.81. The molecule has 1 aromatic heterocycles. The number of hydrogen-bond acceptors (Lipinski definition) is 5. The lowest BCUT2D eigenvalue weighted by Crippen LogP contribution is -2.33. The Morgan fingerprint density at radius 3 is 2.15 bits per heavy atom. The molecule has 0 spiro atoms. The molecule has 0 bridgehead atoms. The fourth-order valence-corrected chi connectivity index (χ4v) is 4.92. The van der Waals surface area contributed by atoms with E-state index in [4.69, 9.17) is 9.47 Å². The fourth-order valence-electron chi connectivity index (χ4n) is 4.92. The molecule has 4 rings (SSSR count). The van der Waals surface area contributed by atoms with Gasteiger partial charge >= 0.3 is 5.69 Å². The molecule has 174 valence electrons. The summed E-state index contributed by atoms with van der Waals surface area (Å²) in [5, 5.41) is 3.54. The van der Waals surface area contributed by atoms with E-state index in [1.54, 1.807) is 18.8 Å². The zero-order chi connectivity index (χ0) is 24.1. The zero-order valence-corrected chi connectivity index (χ0v) is 20.8. The highest BCUT2D eigenvalue weighted by atomic mass is 16.5. The molecule has 0 atom stereocenters. The molecule has 33 heavy (non-hydrogen) atoms. The van der Waals surface area contributed by atoms with Crippen molar-refractivity contribution >= 4 is 11.5 Å². The molecule has 1 N–H and O–H groups in total. The topological polar surface area (TPSA) is 65.4 Å². The second kappa shape index (κ2) is 8.25. The summed E-state index contributed by atoms with van der Waals surface area (Å²) in [5.74, 6) is 1.95. The van der Waals surface area contributed by atoms with Gasteiger partial charge in [-0.2, -0.15) is 4.98 Å². The monoisotopic (exact) mass is 447 g/mol. The number of hydrogen-bond donors (Lipinski definition) is 1. The van der Waals surface area contributed by atoms with Crippen molar-refractivity contribution in [3.8, 4) is 22.8 Å². The highest BCUT2D eigenvalue weighted by molar-refractivity contribution is 5.79. The molecule has 0 fully saturated rings. The van der Waals surface area contributed by atoms with Gasteiger partial charge in [-0.15, -0.1) is 0 Å². The van der Waals surface area contributed by atoms with Crippen molar-refractivity contribution in [1.29, 1.82) is 0 Å². The van der Waals surface area contributed by atoms with Crippen LogP contribution in [-0.2, 0) is 18.4 Å². The highest BCUT2D eigenvalue weighted by Crippen LogP contribution is 2.44. The summed E-state index contributed by atoms with van der Waals surface area (Å²) in [7, 11) is 3.28. The number of aryl methyl sites for hydroxylation is 4. The highest BCUT2D eigenvalue weighted by Gasteiger charge is 2.32. The van der Waals surface area contributed by atoms with E-state index in [9.17, 15) is 4.79 Å². The van der Waals surface area contributed by atoms with E-state index in [0.717, 1.165) is 45.6 Å². The van der Waals surface area contributed by atoms with Crippen LogP contribution in [0.2, 0.25) is 0 Å². The minimum atomic E-state index is -0.269. The first kappa shape index (κ1) is 22.9. The average Bonchev–Trinajstić information content (AvgIpc) is 2.74. The number of benzene rings is 2. The van der Waals surface area contributed by atoms with Gasteiger partial charge in [0.1, 0.15) is 5.82 Å². The molecule has 0 saturated heterocycles. The molecular formula is C27H33N3O3. The molecular weight excluding hydrogens is 414 g/mol. The Hall–Kier alpha value is -3.28. The van der Waals surface area contributed by atoms with Crippen molar-refractivity contribution < 1.29 is 9.47 Å². The molecule has 1 aliphatic heterocycles. The Labute approximate surface area is 195 Å². The third kappa shape index (κ3) is 3.99. The quantitative estimate of drug-likeness (QED) is 0.576. The number of fused-ring (bicyclic) bond motifs is 3. The first-order chi connectivity index (χ1) is 15.5. The van der Waals surface area contributed by atoms with Crippen molar-refractivity contribution in [2.24, 2.45) is 0 Å². The number of aromatic nitrogens is 2. The summed E-state index contributed by atoms with van der Waals surface area (Å²) in [6.45, 7) is 13.3. The molecule has 3 aromatic rings. The minimum absolute atomic E-state index is 0.247. The van der Waals surface area contributed by atoms with E-state index >= 15 is 0 Å². The lowest BCUT2D eigenvalue weighted by molar-refractivity contribution is 0.354. The summed E-state index contributed by atoms with van der Waals surface area (Å²) < 4.78 is 12.9. The van der Waals surface area contributed by atoms with E-state index in [1.807, 2.05) is 12.1 Å². The van der Waals surface area contributed by atoms with E-state index in [1.165, 1.54) is 5.56 Å². The van der Waals surface area contributed by atoms with E-state index < -0.39 is 0 Å². The van der Waals surface area contributed by atoms with Crippen molar-refractivity contribution in [3.63, 3.8) is 0 Å². The Balaban J connectivity index is 2.02. The molecule has 2 aromatic carbocycles. The van der Waals surface area contributed by atoms with Gasteiger partial charge in [0.25, 0.3) is 0 Å². The molecule has 6 heteroatoms. The summed E-state index contributed by atoms with van der Waals surface area (Å²) in [6, 6.07) is 8.30. The molecule has 0 amide bonds. The molecule has 0 aliphatic carbocycles. The molecule has 0 saturated carbocycles. The van der Waals surface area contributed by atoms with Crippen LogP contribution in [0.25, 0.3) is 11.3 Å². The maximum Gasteiger partial charge on any atom is 0.350 e. The molecule has 2 heterocycles. The summed E-state index contributed by atoms with van der Waals surface area (Å²) in [4.78, 5) is 17.8. The van der Waals surface area contributed by atoms with Gasteiger partial charge in [-0.1, -0.05) is 38.5 Å². The van der Waals surface area contributed by atoms with Crippen LogP contribution in [0, 0.1) is 20.8 Å². The first-order valence-corrected chi connectivity index (χ1v) is 11.3. The van der Waals surface area contributed by atoms with Crippen LogP contribution in [0.15, 0.2) is 29.1 Å². The number of ether oxygens (including phenoxy) is 2. The maximum absolute atomic E-state index is 13.2. The van der Waals surface area contributed by atoms with Crippen molar-refractivity contribution in [1.82, 2.24) is 9.55 Å². The normalized spacial score (nSPS) is 12.7. The third-order valence-corrected chi connectivity index (χ3v) is 6.32. The van der Waals surface area contributed by atoms with Gasteiger partial charge < -0.3 is 14.8 Å². The van der Waals surface area contributed by atoms with E-state index in [-0.39, 0.29) is 11.1 Å². The van der Waals surface area contributed by atoms with Crippen molar-refractivity contribution in [3.05, 3.63) is 62.6 Å². The maximum atomic E-state index is 13.2. The molecule has 6 nitrogen and oxygen atoms in total. The zero-order valence-electron chi connectivity index (χ0n) is 20.8. The third-order valence-electron chi connectivity index (χ3n) is 6.32. The number of methoxy groups -OCH3 is 2. The minimum Gasteiger partial charge on any atom is -0.493 e. The van der Waals surface area contributed by atoms with Gasteiger partial charge in [0.15, 0.2) is 11.5 Å². The van der Waals surface area contributed by atoms with Gasteiger partial charge in [0.2, 0.25) is 0 Å². The van der Waals surface area contributed by atoms with Gasteiger partial charge in [0.05, 0.1) is 19.9 Å². The predicted molar refractivity (Wildman–Crippen MR) is 133 cm³/mol. The number of nitrogens with one attached hydrogen (secondary N) is 1. The Morgan fingerprint density at radius 2 is 1.58 bits per heavy atom. The average molecular weight is 448 g/mol. The smallest absolute Gasteiger partial charge is 0.350 e. The standard InChI is InChI=1S/C27H33N3O3/c1-15-11-16(2)23(17(3)12-15)28-25-22(27(4,5)6)24-19-14-21(33-8)20(32-7)13-18(19)9-10-30(24)26(31)29-25/h11-14H,9-10H2,1-8H3,(H,28,29,31). The number of nitrogens with zero attached hydrogens (tertiary/aromatic N) is 2. The van der Waals surface area contributed by atoms with E-state index in [0.29, 0.717) is 23.9 Å². The van der Waals surface area contributed by atoms with Gasteiger partial charge in [0, 0.05) is 23.4 Å². The Bertz CT molecular complexity index is 1280. The van der Waals surface area contributed by atoms with Gasteiger partial charge in [-0.05, 0) is 61.4 Å². The first-order valence-electron chi connectivity index (χ1n) is 11.3. The number of anilines is 2. The largest absolute Gasteiger partial charge is 0.493 e. The van der Waals surface area contributed by atoms with Crippen LogP contribution in [-0.4, -0.2) is 23.8 Å². The van der Waals surface area contributed by atoms with Crippen molar-refractivity contribution in [2.75, 3.05) is 19.5 Å². The fraction of sp³-hybridized carbons (Fsp3) is 0.407. The van der Waals surface area contributed by atoms with Crippen LogP contribution in [0.5, 0.6) is 11.5 Å². The molecule has 0 radical (unpaired) electrons. The van der Waals surface area contributed by atoms with Crippen LogP contribution in [0.4, 0.5) is 11.5 Å². The van der Waals surface area contributed by atoms with Crippen LogP contribution in [0.1, 0.15) is 48.6 Å². The Morgan fingerprint density at radius 1 is 0.970 bits per heavy atom. The number of rotatable bonds is 4. The van der Waals surface area contributed by atoms with Crippen LogP contribution < -0.4 is 20.5 Å². The van der Waals surface area contributed by atoms with Crippen LogP contribution in [0.3, 0.4) is 0 Å². The second-order valence-corrected chi connectivity index (χ2v) is 9.88. The van der Waals surface area contributed by atoms with Gasteiger partial charge in [-0.3, -0.25) is 4.57 Å². The second-order valence-electron chi connectivity index (χ2n) is 9.88. The summed E-state index contributed by atoms with van der Waals surface area (Å²) >= 11 is 0. The van der Waals surface area contributed by atoms with Crippen molar-refractivity contribution in [2.45, 2.75) is 59.9 Å². The molecule has 1 aliphatic rings. The van der Waals surface area contributed by atoms with Crippen LogP contribution >= 0.6 is 0 Å².